The minimum atomic E-state index is -1.36. The van der Waals surface area contributed by atoms with Crippen molar-refractivity contribution in [2.75, 3.05) is 16.8 Å². The Bertz CT molecular complexity index is 3970. The molecule has 20 aliphatic rings. The van der Waals surface area contributed by atoms with E-state index in [-0.39, 0.29) is 65.2 Å². The normalized spacial score (nSPS) is 38.3. The number of nitrogens with zero attached hydrogens (tertiary/aromatic N) is 4. The third-order valence-electron chi connectivity index (χ3n) is 44.8. The van der Waals surface area contributed by atoms with E-state index in [0.29, 0.717) is 6.04 Å². The van der Waals surface area contributed by atoms with Gasteiger partial charge in [-0.2, -0.15) is 0 Å². The van der Waals surface area contributed by atoms with Gasteiger partial charge in [0.1, 0.15) is 5.82 Å². The first kappa shape index (κ1) is 132. The summed E-state index contributed by atoms with van der Waals surface area (Å²) in [5.74, 6) is 20.4. The molecule has 0 aromatic heterocycles. The molecule has 810 valence electrons. The molecule has 16 aliphatic carbocycles. The first-order valence-corrected chi connectivity index (χ1v) is 94.8. The second-order valence-corrected chi connectivity index (χ2v) is 87.9. The molecule has 23 rings (SSSR count). The Morgan fingerprint density at radius 2 is 0.552 bits per heavy atom. The molecule has 4 aliphatic heterocycles. The fraction of sp³-hybridized carbons (Fsp3) is 0.785. The summed E-state index contributed by atoms with van der Waals surface area (Å²) < 4.78 is 13.9. The van der Waals surface area contributed by atoms with E-state index in [4.69, 9.17) is 79.7 Å². The van der Waals surface area contributed by atoms with Crippen molar-refractivity contribution in [1.82, 2.24) is 9.80 Å². The summed E-state index contributed by atoms with van der Waals surface area (Å²) in [5, 5.41) is 0.882. The van der Waals surface area contributed by atoms with Crippen LogP contribution in [0, 0.1) is 190 Å². The van der Waals surface area contributed by atoms with Crippen LogP contribution >= 0.6 is 79.7 Å². The van der Waals surface area contributed by atoms with Crippen molar-refractivity contribution in [3.05, 3.63) is 155 Å². The second kappa shape index (κ2) is 59.7. The Hall–Kier alpha value is 4.12. The van der Waals surface area contributed by atoms with Crippen molar-refractivity contribution in [3.63, 3.8) is 0 Å². The molecule has 33 atom stereocenters. The van der Waals surface area contributed by atoms with Gasteiger partial charge in [-0.25, -0.2) is 4.39 Å². The van der Waals surface area contributed by atoms with Crippen LogP contribution < -0.4 is 9.80 Å². The third kappa shape index (κ3) is 27.7. The van der Waals surface area contributed by atoms with Gasteiger partial charge in [-0.3, -0.25) is 9.80 Å². The summed E-state index contributed by atoms with van der Waals surface area (Å²) in [6.07, 6.45) is 64.8. The first-order valence-electron chi connectivity index (χ1n) is 56.5. The zero-order valence-corrected chi connectivity index (χ0v) is 115. The molecule has 4 heterocycles. The number of hydrogen-bond acceptors (Lipinski definition) is 4. The molecule has 0 bridgehead atoms. The van der Waals surface area contributed by atoms with Crippen LogP contribution in [-0.4, -0.2) is 97.5 Å². The van der Waals surface area contributed by atoms with Crippen LogP contribution in [0.5, 0.6) is 0 Å². The van der Waals surface area contributed by atoms with Crippen molar-refractivity contribution in [3.8, 4) is 0 Å². The second-order valence-electron chi connectivity index (χ2n) is 52.1. The van der Waals surface area contributed by atoms with Crippen LogP contribution in [0.25, 0.3) is 0 Å². The van der Waals surface area contributed by atoms with Crippen LogP contribution in [0.4, 0.5) is 15.8 Å². The maximum atomic E-state index is 13.9. The van der Waals surface area contributed by atoms with E-state index in [9.17, 15) is 4.39 Å². The van der Waals surface area contributed by atoms with E-state index in [1.807, 2.05) is 0 Å². The Kier molecular flexibility index (Phi) is 55.2. The van der Waals surface area contributed by atoms with Crippen molar-refractivity contribution in [2.45, 2.75) is 462 Å². The summed E-state index contributed by atoms with van der Waals surface area (Å²) in [7, 11) is 36.9. The van der Waals surface area contributed by atoms with Crippen molar-refractivity contribution in [2.24, 2.45) is 124 Å². The molecule has 20 fully saturated rings. The number of benzene rings is 3. The van der Waals surface area contributed by atoms with Crippen LogP contribution in [-0.2, 0) is 89.9 Å². The summed E-state index contributed by atoms with van der Waals surface area (Å²) in [4.78, 5) is 12.1. The van der Waals surface area contributed by atoms with E-state index in [0.717, 1.165) is 216 Å². The zero-order chi connectivity index (χ0) is 95.7. The molecule has 22 heteroatoms. The molecular formula is C121H204Cl9FN4Si4Zr4. The van der Waals surface area contributed by atoms with Gasteiger partial charge in [0, 0.05) is 71.3 Å². The first-order chi connectivity index (χ1) is 65.0. The molecule has 3 aromatic carbocycles. The van der Waals surface area contributed by atoms with E-state index in [1.54, 1.807) is 81.9 Å². The number of hydrogen-bond donors (Lipinski definition) is 0. The molecule has 33 unspecified atom stereocenters. The van der Waals surface area contributed by atoms with Crippen LogP contribution in [0.1, 0.15) is 316 Å². The standard InChI is InChI=1S/C30H47NSi.C29H44ClNSi.C29H44FNSi.C25H45NSi.8CH3.8ClH.4Zr/c1-21-17-18-27-26(19-21)28-29(31(27)20-22-11-5-4-6-12-22)24-15-9-10-16-25(24)30(28)32(2,3)23-13-7-8-14-23;2*1-19-12-17-26-25(18-19)27-28(31(26)21-15-13-20(30)14-16-21)23-10-6-7-11-24(23)29(27)32(2,3)22-8-4-5-9-22;1-16-14-17(2)23-21(15-16)22-24(26(23)3)19-12-8-9-13-20(19)25(22)27(4,5)18-10-6-7-11-18;;;;;;;;;;;;;;;;;;;;/h4-6,11-12,21,23-30H,7-10,13-20H2,1-3H3;2*13-16,19,22-29H,4-12,17-18H2,1-3H3;16-25H,6-15H2,1-5H3;8*1H3;8*1H;;;;/q;;;;8*-1;;;;;;;;;4*+4/p-8. The molecule has 3 aromatic rings. The topological polar surface area (TPSA) is 13.0 Å². The fourth-order valence-electron chi connectivity index (χ4n) is 40.6. The van der Waals surface area contributed by atoms with Crippen molar-refractivity contribution >= 4 is 123 Å². The van der Waals surface area contributed by atoms with Gasteiger partial charge in [-0.1, -0.05) is 309 Å². The van der Waals surface area contributed by atoms with E-state index < -0.39 is 116 Å². The van der Waals surface area contributed by atoms with Gasteiger partial charge in [0.05, 0.1) is 32.3 Å². The van der Waals surface area contributed by atoms with E-state index in [1.165, 1.54) is 230 Å². The quantitative estimate of drug-likeness (QED) is 0.132. The number of halogens is 10. The molecule has 0 amide bonds. The average Bonchev–Trinajstić information content (AvgIpc) is 1.55. The third-order valence-corrected chi connectivity index (χ3v) is 65.9. The molecule has 4 saturated heterocycles. The molecule has 16 saturated carbocycles. The summed E-state index contributed by atoms with van der Waals surface area (Å²) in [6.45, 7) is 36.9. The number of rotatable bonds is 12. The Morgan fingerprint density at radius 1 is 0.287 bits per heavy atom. The van der Waals surface area contributed by atoms with Gasteiger partial charge in [0.2, 0.25) is 0 Å². The van der Waals surface area contributed by atoms with E-state index >= 15 is 0 Å². The van der Waals surface area contributed by atoms with Gasteiger partial charge in [0.25, 0.3) is 0 Å². The zero-order valence-electron chi connectivity index (χ0n) is 94.0. The Labute approximate surface area is 967 Å². The van der Waals surface area contributed by atoms with Gasteiger partial charge in [-0.15, -0.1) is 0 Å². The SMILES string of the molecule is CC1CC(C)C2C(C1)C1C(C3CCCCC3C1[Si](C)(C)C1CCCC1)N2C.CC1CCC2C(C1)C1C(C3CCCCC3C1[Si](C)(C)C1CCCC1)N2Cc1ccccc1.CC1CCC2C(C1)C1C(C3CCCCC3C1[Si](C)(C)C1CCCC1)N2c1ccc(Cl)cc1.CC1CCC2C(C1)C1C(C3CCCCC3C1[Si](C)(C)C1CCCC1)N2c1ccc(F)cc1.[CH3-].[CH3-].[CH3-].[CH3-].[CH3-].[CH3-].[CH3-].[CH3-].[Cl][Zr+2][Cl].[Cl][Zr+2][Cl].[Cl][Zr+2][Cl].[Cl][Zr+2][Cl]. The van der Waals surface area contributed by atoms with Gasteiger partial charge < -0.3 is 69.2 Å². The summed E-state index contributed by atoms with van der Waals surface area (Å²) in [5.41, 5.74) is 13.1. The van der Waals surface area contributed by atoms with Gasteiger partial charge in [-0.05, 0) is 326 Å². The summed E-state index contributed by atoms with van der Waals surface area (Å²) >= 11 is 3.04. The molecule has 0 radical (unpaired) electrons. The van der Waals surface area contributed by atoms with Crippen LogP contribution in [0.15, 0.2) is 78.9 Å². The van der Waals surface area contributed by atoms with Crippen LogP contribution in [0.3, 0.4) is 0 Å². The Morgan fingerprint density at radius 3 is 0.888 bits per heavy atom. The molecule has 143 heavy (non-hydrogen) atoms. The van der Waals surface area contributed by atoms with Gasteiger partial charge in [0.15, 0.2) is 0 Å². The number of likely N-dealkylation sites (tertiary alicyclic amines) is 2. The molecule has 4 nitrogen and oxygen atoms in total. The Balaban J connectivity index is 0.000000221. The maximum absolute atomic E-state index is 13.9. The minimum absolute atomic E-state index is 0. The average molecular weight is 2530 g/mol. The fourth-order valence-corrected chi connectivity index (χ4v) is 62.3. The monoisotopic (exact) mass is 2520 g/mol. The van der Waals surface area contributed by atoms with E-state index in [2.05, 4.69) is 180 Å². The molecular weight excluding hydrogens is 2320 g/mol. The van der Waals surface area contributed by atoms with Crippen molar-refractivity contribution < 1.29 is 87.8 Å². The number of anilines is 2. The molecule has 0 N–H and O–H groups in total. The van der Waals surface area contributed by atoms with Gasteiger partial charge >= 0.3 is 151 Å². The predicted octanol–water partition coefficient (Wildman–Crippen LogP) is 41.1. The predicted molar refractivity (Wildman–Crippen MR) is 631 cm³/mol. The number of fused-ring (bicyclic) bond motifs is 20. The summed E-state index contributed by atoms with van der Waals surface area (Å²) in [6, 6.07) is 34.8. The molecule has 0 spiro atoms. The van der Waals surface area contributed by atoms with Crippen molar-refractivity contribution in [1.29, 1.82) is 0 Å². The van der Waals surface area contributed by atoms with Crippen LogP contribution in [0.2, 0.25) is 102 Å².